The number of esters is 1. The summed E-state index contributed by atoms with van der Waals surface area (Å²) in [5.41, 5.74) is 1.94. The largest absolute Gasteiger partial charge is 0.497 e. The Kier molecular flexibility index (Phi) is 3.75. The molecule has 1 aromatic carbocycles. The number of aliphatic hydroxyl groups excluding tert-OH is 1. The Morgan fingerprint density at radius 1 is 1.26 bits per heavy atom. The highest BCUT2D eigenvalue weighted by atomic mass is 16.5. The Labute approximate surface area is 137 Å². The van der Waals surface area contributed by atoms with Gasteiger partial charge in [0.15, 0.2) is 0 Å². The van der Waals surface area contributed by atoms with Crippen molar-refractivity contribution in [1.82, 2.24) is 0 Å². The first-order chi connectivity index (χ1) is 10.9. The first kappa shape index (κ1) is 16.1. The topological polar surface area (TPSA) is 55.8 Å². The van der Waals surface area contributed by atoms with Crippen LogP contribution >= 0.6 is 0 Å². The molecule has 1 fully saturated rings. The summed E-state index contributed by atoms with van der Waals surface area (Å²) in [6, 6.07) is 5.78. The number of hydrogen-bond donors (Lipinski definition) is 1. The molecule has 2 aliphatic rings. The van der Waals surface area contributed by atoms with Crippen LogP contribution < -0.4 is 4.74 Å². The van der Waals surface area contributed by atoms with E-state index in [-0.39, 0.29) is 11.4 Å². The fourth-order valence-electron chi connectivity index (χ4n) is 4.40. The van der Waals surface area contributed by atoms with E-state index in [4.69, 9.17) is 9.47 Å². The van der Waals surface area contributed by atoms with Gasteiger partial charge >= 0.3 is 5.97 Å². The highest BCUT2D eigenvalue weighted by Crippen LogP contribution is 2.57. The summed E-state index contributed by atoms with van der Waals surface area (Å²) in [7, 11) is 3.07. The van der Waals surface area contributed by atoms with Gasteiger partial charge in [-0.05, 0) is 48.6 Å². The third-order valence-electron chi connectivity index (χ3n) is 5.68. The van der Waals surface area contributed by atoms with E-state index in [0.717, 1.165) is 41.7 Å². The Bertz CT molecular complexity index is 678. The van der Waals surface area contributed by atoms with E-state index in [0.29, 0.717) is 0 Å². The van der Waals surface area contributed by atoms with Crippen LogP contribution in [0.25, 0.3) is 0 Å². The van der Waals surface area contributed by atoms with Crippen LogP contribution in [0.1, 0.15) is 50.3 Å². The van der Waals surface area contributed by atoms with Crippen LogP contribution in [0.15, 0.2) is 29.8 Å². The highest BCUT2D eigenvalue weighted by molar-refractivity contribution is 5.82. The predicted molar refractivity (Wildman–Crippen MR) is 87.4 cm³/mol. The molecule has 0 heterocycles. The zero-order valence-electron chi connectivity index (χ0n) is 14.2. The minimum Gasteiger partial charge on any atom is -0.497 e. The molecule has 1 unspecified atom stereocenters. The minimum atomic E-state index is -0.707. The van der Waals surface area contributed by atoms with Gasteiger partial charge in [-0.1, -0.05) is 25.5 Å². The van der Waals surface area contributed by atoms with Crippen molar-refractivity contribution in [3.8, 4) is 5.75 Å². The molecule has 0 amide bonds. The lowest BCUT2D eigenvalue weighted by atomic mass is 9.54. The lowest BCUT2D eigenvalue weighted by molar-refractivity contribution is -0.151. The second-order valence-corrected chi connectivity index (χ2v) is 6.99. The van der Waals surface area contributed by atoms with Crippen LogP contribution in [-0.2, 0) is 14.9 Å². The number of aliphatic hydroxyl groups is 1. The monoisotopic (exact) mass is 316 g/mol. The van der Waals surface area contributed by atoms with Gasteiger partial charge in [-0.25, -0.2) is 0 Å². The summed E-state index contributed by atoms with van der Waals surface area (Å²) in [5, 5.41) is 10.6. The van der Waals surface area contributed by atoms with E-state index < -0.39 is 11.5 Å². The molecule has 0 radical (unpaired) electrons. The van der Waals surface area contributed by atoms with Crippen LogP contribution in [0.4, 0.5) is 0 Å². The Balaban J connectivity index is 2.20. The van der Waals surface area contributed by atoms with Gasteiger partial charge in [0.25, 0.3) is 0 Å². The van der Waals surface area contributed by atoms with Crippen molar-refractivity contribution < 1.29 is 19.4 Å². The number of methoxy groups -OCH3 is 2. The van der Waals surface area contributed by atoms with Crippen molar-refractivity contribution in [1.29, 1.82) is 0 Å². The quantitative estimate of drug-likeness (QED) is 0.672. The average Bonchev–Trinajstić information content (AvgIpc) is 2.56. The summed E-state index contributed by atoms with van der Waals surface area (Å²) in [4.78, 5) is 12.5. The first-order valence-corrected chi connectivity index (χ1v) is 8.04. The maximum Gasteiger partial charge on any atom is 0.315 e. The van der Waals surface area contributed by atoms with E-state index >= 15 is 0 Å². The van der Waals surface area contributed by atoms with Crippen LogP contribution in [0.3, 0.4) is 0 Å². The van der Waals surface area contributed by atoms with Crippen molar-refractivity contribution in [2.24, 2.45) is 5.41 Å². The Morgan fingerprint density at radius 2 is 2.00 bits per heavy atom. The standard InChI is InChI=1S/C19H24O4/c1-18-8-5-9-19(2,17(21)23-4)16(18)11-15(20)13-7-6-12(22-3)10-14(13)18/h6-7,10-11,15,20H,5,8-9H2,1-4H3/t15?,18-,19-/m1/s1. The van der Waals surface area contributed by atoms with E-state index in [1.54, 1.807) is 7.11 Å². The molecule has 3 rings (SSSR count). The molecular formula is C19H24O4. The molecule has 4 heteroatoms. The van der Waals surface area contributed by atoms with Crippen molar-refractivity contribution in [3.05, 3.63) is 41.0 Å². The normalized spacial score (nSPS) is 32.4. The molecule has 1 saturated carbocycles. The van der Waals surface area contributed by atoms with Crippen molar-refractivity contribution in [2.45, 2.75) is 44.6 Å². The minimum absolute atomic E-state index is 0.228. The molecule has 23 heavy (non-hydrogen) atoms. The van der Waals surface area contributed by atoms with E-state index in [9.17, 15) is 9.90 Å². The smallest absolute Gasteiger partial charge is 0.315 e. The Hall–Kier alpha value is -1.81. The third-order valence-corrected chi connectivity index (χ3v) is 5.68. The van der Waals surface area contributed by atoms with Gasteiger partial charge in [-0.15, -0.1) is 0 Å². The molecule has 3 atom stereocenters. The van der Waals surface area contributed by atoms with Gasteiger partial charge in [0.2, 0.25) is 0 Å². The van der Waals surface area contributed by atoms with E-state index in [2.05, 4.69) is 6.92 Å². The molecular weight excluding hydrogens is 292 g/mol. The summed E-state index contributed by atoms with van der Waals surface area (Å²) in [5.74, 6) is 0.539. The summed E-state index contributed by atoms with van der Waals surface area (Å²) in [6.07, 6.45) is 3.77. The maximum absolute atomic E-state index is 12.5. The predicted octanol–water partition coefficient (Wildman–Crippen LogP) is 3.29. The number of ether oxygens (including phenoxy) is 2. The first-order valence-electron chi connectivity index (χ1n) is 8.04. The maximum atomic E-state index is 12.5. The zero-order chi connectivity index (χ0) is 16.8. The van der Waals surface area contributed by atoms with E-state index in [1.807, 2.05) is 31.2 Å². The molecule has 0 spiro atoms. The second kappa shape index (κ2) is 5.38. The SMILES string of the molecule is COC(=O)[C@]1(C)CCC[C@@]2(C)C1=CC(O)c1ccc(OC)cc12. The molecule has 1 aromatic rings. The molecule has 0 aliphatic heterocycles. The lowest BCUT2D eigenvalue weighted by Crippen LogP contribution is -2.46. The molecule has 0 aromatic heterocycles. The van der Waals surface area contributed by atoms with Crippen LogP contribution in [0, 0.1) is 5.41 Å². The summed E-state index contributed by atoms with van der Waals surface area (Å²) >= 11 is 0. The van der Waals surface area contributed by atoms with Gasteiger partial charge in [0.1, 0.15) is 5.75 Å². The molecule has 0 bridgehead atoms. The van der Waals surface area contributed by atoms with Crippen molar-refractivity contribution in [2.75, 3.05) is 14.2 Å². The fourth-order valence-corrected chi connectivity index (χ4v) is 4.40. The average molecular weight is 316 g/mol. The van der Waals surface area contributed by atoms with Crippen LogP contribution in [0.5, 0.6) is 5.75 Å². The van der Waals surface area contributed by atoms with Gasteiger partial charge in [-0.2, -0.15) is 0 Å². The van der Waals surface area contributed by atoms with Crippen LogP contribution in [-0.4, -0.2) is 25.3 Å². The molecule has 0 saturated heterocycles. The number of fused-ring (bicyclic) bond motifs is 3. The van der Waals surface area contributed by atoms with Gasteiger partial charge in [0, 0.05) is 5.41 Å². The number of carbonyl (C=O) groups is 1. The second-order valence-electron chi connectivity index (χ2n) is 6.99. The van der Waals surface area contributed by atoms with Crippen LogP contribution in [0.2, 0.25) is 0 Å². The summed E-state index contributed by atoms with van der Waals surface area (Å²) in [6.45, 7) is 4.09. The highest BCUT2D eigenvalue weighted by Gasteiger charge is 2.52. The molecule has 1 N–H and O–H groups in total. The molecule has 2 aliphatic carbocycles. The van der Waals surface area contributed by atoms with Crippen molar-refractivity contribution >= 4 is 5.97 Å². The van der Waals surface area contributed by atoms with Gasteiger partial charge in [0.05, 0.1) is 25.7 Å². The van der Waals surface area contributed by atoms with Gasteiger partial charge < -0.3 is 14.6 Å². The number of benzene rings is 1. The molecule has 4 nitrogen and oxygen atoms in total. The third kappa shape index (κ3) is 2.19. The van der Waals surface area contributed by atoms with Gasteiger partial charge in [-0.3, -0.25) is 4.79 Å². The number of hydrogen-bond acceptors (Lipinski definition) is 4. The number of rotatable bonds is 2. The lowest BCUT2D eigenvalue weighted by Gasteiger charge is -2.49. The fraction of sp³-hybridized carbons (Fsp3) is 0.526. The van der Waals surface area contributed by atoms with E-state index in [1.165, 1.54) is 7.11 Å². The van der Waals surface area contributed by atoms with Crippen molar-refractivity contribution in [3.63, 3.8) is 0 Å². The molecule has 124 valence electrons. The zero-order valence-corrected chi connectivity index (χ0v) is 14.2. The summed E-state index contributed by atoms with van der Waals surface area (Å²) < 4.78 is 10.4. The number of carbonyl (C=O) groups excluding carboxylic acids is 1. The Morgan fingerprint density at radius 3 is 2.65 bits per heavy atom.